The Morgan fingerprint density at radius 3 is 2.38 bits per heavy atom. The van der Waals surface area contributed by atoms with Crippen molar-refractivity contribution in [3.8, 4) is 17.2 Å². The molecule has 0 spiro atoms. The van der Waals surface area contributed by atoms with Gasteiger partial charge in [-0.25, -0.2) is 0 Å². The average Bonchev–Trinajstić information content (AvgIpc) is 3.32. The van der Waals surface area contributed by atoms with Crippen LogP contribution in [0.5, 0.6) is 17.2 Å². The van der Waals surface area contributed by atoms with E-state index in [-0.39, 0.29) is 5.69 Å². The fourth-order valence-electron chi connectivity index (χ4n) is 4.03. The first-order chi connectivity index (χ1) is 16.4. The van der Waals surface area contributed by atoms with Crippen LogP contribution in [0, 0.1) is 0 Å². The van der Waals surface area contributed by atoms with Gasteiger partial charge in [0.05, 0.1) is 33.4 Å². The van der Waals surface area contributed by atoms with E-state index in [1.807, 2.05) is 30.3 Å². The number of hydrogen-bond donors (Lipinski definition) is 1. The van der Waals surface area contributed by atoms with Crippen molar-refractivity contribution in [3.63, 3.8) is 0 Å². The molecule has 0 amide bonds. The number of piperidine rings is 1. The molecule has 1 aliphatic heterocycles. The summed E-state index contributed by atoms with van der Waals surface area (Å²) in [7, 11) is 0.478. The summed E-state index contributed by atoms with van der Waals surface area (Å²) in [5.74, 6) is 1.80. The largest absolute Gasteiger partial charge is 0.493 e. The van der Waals surface area contributed by atoms with Gasteiger partial charge in [0.15, 0.2) is 11.5 Å². The molecule has 10 nitrogen and oxygen atoms in total. The molecule has 34 heavy (non-hydrogen) atoms. The molecule has 1 aromatic heterocycles. The van der Waals surface area contributed by atoms with Crippen molar-refractivity contribution < 1.29 is 27.0 Å². The first-order valence-electron chi connectivity index (χ1n) is 10.9. The molecular weight excluding hydrogens is 460 g/mol. The van der Waals surface area contributed by atoms with Gasteiger partial charge in [-0.15, -0.1) is 10.2 Å². The normalized spacial score (nSPS) is 16.7. The van der Waals surface area contributed by atoms with Gasteiger partial charge in [0.1, 0.15) is 6.04 Å². The zero-order valence-corrected chi connectivity index (χ0v) is 20.2. The smallest absolute Gasteiger partial charge is 0.302 e. The molecule has 0 saturated carbocycles. The minimum Gasteiger partial charge on any atom is -0.493 e. The molecule has 1 aliphatic rings. The minimum atomic E-state index is -3.95. The highest BCUT2D eigenvalue weighted by atomic mass is 32.2. The molecule has 4 rings (SSSR count). The monoisotopic (exact) mass is 488 g/mol. The van der Waals surface area contributed by atoms with E-state index < -0.39 is 16.3 Å². The van der Waals surface area contributed by atoms with Crippen LogP contribution in [0.25, 0.3) is 0 Å². The van der Waals surface area contributed by atoms with Gasteiger partial charge in [0, 0.05) is 18.7 Å². The SMILES string of the molecule is COc1cc(NS(=O)(=O)N2CCCC[C@H]2c2nnc(Cc3ccccc3)o2)cc(OC)c1OC. The Hall–Kier alpha value is -3.31. The molecule has 0 aliphatic carbocycles. The molecule has 11 heteroatoms. The Morgan fingerprint density at radius 2 is 1.74 bits per heavy atom. The third kappa shape index (κ3) is 5.10. The Bertz CT molecular complexity index is 1190. The van der Waals surface area contributed by atoms with Crippen LogP contribution in [-0.2, 0) is 16.6 Å². The van der Waals surface area contributed by atoms with Crippen molar-refractivity contribution in [2.75, 3.05) is 32.6 Å². The second kappa shape index (κ2) is 10.3. The van der Waals surface area contributed by atoms with Gasteiger partial charge in [-0.3, -0.25) is 4.72 Å². The zero-order chi connectivity index (χ0) is 24.1. The van der Waals surface area contributed by atoms with Crippen molar-refractivity contribution in [2.24, 2.45) is 0 Å². The maximum Gasteiger partial charge on any atom is 0.302 e. The molecule has 0 bridgehead atoms. The first kappa shape index (κ1) is 23.8. The summed E-state index contributed by atoms with van der Waals surface area (Å²) in [6, 6.07) is 12.3. The molecule has 1 saturated heterocycles. The van der Waals surface area contributed by atoms with E-state index in [2.05, 4.69) is 14.9 Å². The maximum absolute atomic E-state index is 13.4. The number of hydrogen-bond acceptors (Lipinski definition) is 8. The van der Waals surface area contributed by atoms with E-state index in [1.165, 1.54) is 25.6 Å². The predicted octanol–water partition coefficient (Wildman–Crippen LogP) is 3.57. The quantitative estimate of drug-likeness (QED) is 0.486. The number of methoxy groups -OCH3 is 3. The number of rotatable bonds is 9. The van der Waals surface area contributed by atoms with Crippen LogP contribution < -0.4 is 18.9 Å². The lowest BCUT2D eigenvalue weighted by atomic mass is 10.1. The first-order valence-corrected chi connectivity index (χ1v) is 12.3. The summed E-state index contributed by atoms with van der Waals surface area (Å²) in [4.78, 5) is 0. The van der Waals surface area contributed by atoms with Crippen molar-refractivity contribution in [3.05, 3.63) is 59.8 Å². The number of nitrogens with zero attached hydrogens (tertiary/aromatic N) is 3. The van der Waals surface area contributed by atoms with Crippen LogP contribution in [0.3, 0.4) is 0 Å². The van der Waals surface area contributed by atoms with Crippen LogP contribution >= 0.6 is 0 Å². The summed E-state index contributed by atoms with van der Waals surface area (Å²) in [5.41, 5.74) is 1.32. The molecule has 1 fully saturated rings. The van der Waals surface area contributed by atoms with E-state index >= 15 is 0 Å². The summed E-state index contributed by atoms with van der Waals surface area (Å²) < 4.78 is 52.7. The Morgan fingerprint density at radius 1 is 1.03 bits per heavy atom. The van der Waals surface area contributed by atoms with E-state index in [9.17, 15) is 8.42 Å². The number of ether oxygens (including phenoxy) is 3. The van der Waals surface area contributed by atoms with Gasteiger partial charge in [-0.05, 0) is 18.4 Å². The van der Waals surface area contributed by atoms with Gasteiger partial charge >= 0.3 is 10.2 Å². The maximum atomic E-state index is 13.4. The molecule has 1 N–H and O–H groups in total. The van der Waals surface area contributed by atoms with Crippen LogP contribution in [0.4, 0.5) is 5.69 Å². The molecular formula is C23H28N4O6S. The van der Waals surface area contributed by atoms with Crippen LogP contribution in [-0.4, -0.2) is 50.8 Å². The van der Waals surface area contributed by atoms with Gasteiger partial charge in [0.25, 0.3) is 0 Å². The molecule has 2 aromatic carbocycles. The Kier molecular flexibility index (Phi) is 7.23. The lowest BCUT2D eigenvalue weighted by molar-refractivity contribution is 0.218. The topological polar surface area (TPSA) is 116 Å². The van der Waals surface area contributed by atoms with Crippen molar-refractivity contribution in [1.29, 1.82) is 0 Å². The second-order valence-corrected chi connectivity index (χ2v) is 9.46. The lowest BCUT2D eigenvalue weighted by Gasteiger charge is -2.32. The standard InChI is InChI=1S/C23H28N4O6S/c1-30-19-14-17(15-20(31-2)22(19)32-3)26-34(28,29)27-12-8-7-11-18(27)23-25-24-21(33-23)13-16-9-5-4-6-10-16/h4-6,9-10,14-15,18,26H,7-8,11-13H2,1-3H3/t18-/m0/s1. The summed E-state index contributed by atoms with van der Waals surface area (Å²) in [5, 5.41) is 8.32. The van der Waals surface area contributed by atoms with E-state index in [4.69, 9.17) is 18.6 Å². The van der Waals surface area contributed by atoms with Crippen molar-refractivity contribution >= 4 is 15.9 Å². The number of nitrogens with one attached hydrogen (secondary N) is 1. The fourth-order valence-corrected chi connectivity index (χ4v) is 5.46. The third-order valence-electron chi connectivity index (χ3n) is 5.64. The van der Waals surface area contributed by atoms with Crippen LogP contribution in [0.1, 0.15) is 42.6 Å². The Labute approximate surface area is 199 Å². The van der Waals surface area contributed by atoms with Gasteiger partial charge in [-0.2, -0.15) is 12.7 Å². The van der Waals surface area contributed by atoms with E-state index in [0.29, 0.717) is 48.4 Å². The second-order valence-electron chi connectivity index (χ2n) is 7.84. The predicted molar refractivity (Wildman–Crippen MR) is 125 cm³/mol. The third-order valence-corrected chi connectivity index (χ3v) is 7.19. The number of anilines is 1. The summed E-state index contributed by atoms with van der Waals surface area (Å²) >= 11 is 0. The molecule has 3 aromatic rings. The van der Waals surface area contributed by atoms with E-state index in [1.54, 1.807) is 12.1 Å². The van der Waals surface area contributed by atoms with Gasteiger partial charge < -0.3 is 18.6 Å². The zero-order valence-electron chi connectivity index (χ0n) is 19.4. The van der Waals surface area contributed by atoms with Crippen LogP contribution in [0.15, 0.2) is 46.9 Å². The summed E-state index contributed by atoms with van der Waals surface area (Å²) in [6.07, 6.45) is 2.66. The highest BCUT2D eigenvalue weighted by Crippen LogP contribution is 2.41. The van der Waals surface area contributed by atoms with Crippen LogP contribution in [0.2, 0.25) is 0 Å². The lowest BCUT2D eigenvalue weighted by Crippen LogP contribution is -2.41. The molecule has 2 heterocycles. The molecule has 182 valence electrons. The molecule has 0 unspecified atom stereocenters. The Balaban J connectivity index is 1.57. The molecule has 0 radical (unpaired) electrons. The van der Waals surface area contributed by atoms with Crippen molar-refractivity contribution in [1.82, 2.24) is 14.5 Å². The molecule has 1 atom stereocenters. The average molecular weight is 489 g/mol. The number of aromatic nitrogens is 2. The number of benzene rings is 2. The summed E-state index contributed by atoms with van der Waals surface area (Å²) in [6.45, 7) is 0.334. The fraction of sp³-hybridized carbons (Fsp3) is 0.391. The van der Waals surface area contributed by atoms with Gasteiger partial charge in [0.2, 0.25) is 17.5 Å². The van der Waals surface area contributed by atoms with E-state index in [0.717, 1.165) is 18.4 Å². The van der Waals surface area contributed by atoms with Gasteiger partial charge in [-0.1, -0.05) is 36.8 Å². The highest BCUT2D eigenvalue weighted by Gasteiger charge is 2.37. The highest BCUT2D eigenvalue weighted by molar-refractivity contribution is 7.90. The van der Waals surface area contributed by atoms with Crippen molar-refractivity contribution in [2.45, 2.75) is 31.7 Å². The minimum absolute atomic E-state index is 0.286.